The van der Waals surface area contributed by atoms with Crippen LogP contribution in [0.15, 0.2) is 70.6 Å². The Morgan fingerprint density at radius 3 is 1.64 bits per heavy atom. The van der Waals surface area contributed by atoms with Gasteiger partial charge in [0.25, 0.3) is 12.0 Å². The molecule has 2 heterocycles. The molecule has 0 saturated heterocycles. The Balaban J connectivity index is 1.53. The molecule has 0 aromatic heterocycles. The number of hydrogen-bond donors (Lipinski definition) is 0. The van der Waals surface area contributed by atoms with Gasteiger partial charge in [0.2, 0.25) is 0 Å². The molecule has 0 bridgehead atoms. The largest absolute Gasteiger partial charge is 0.462 e. The van der Waals surface area contributed by atoms with E-state index in [0.717, 1.165) is 11.1 Å². The van der Waals surface area contributed by atoms with Gasteiger partial charge in [-0.1, -0.05) is 60.7 Å². The van der Waals surface area contributed by atoms with Crippen LogP contribution < -0.4 is 0 Å². The molecule has 0 N–H and O–H groups in total. The number of amidine groups is 2. The van der Waals surface area contributed by atoms with Gasteiger partial charge in [-0.3, -0.25) is 4.90 Å². The number of rotatable bonds is 3. The summed E-state index contributed by atoms with van der Waals surface area (Å²) in [6, 6.07) is 21.6. The Morgan fingerprint density at radius 1 is 0.800 bits per heavy atom. The summed E-state index contributed by atoms with van der Waals surface area (Å²) in [6.45, 7) is 3.83. The summed E-state index contributed by atoms with van der Waals surface area (Å²) < 4.78 is 11.7. The van der Waals surface area contributed by atoms with Crippen LogP contribution in [0, 0.1) is 0 Å². The molecule has 2 aliphatic heterocycles. The first-order valence-corrected chi connectivity index (χ1v) is 8.63. The lowest BCUT2D eigenvalue weighted by atomic mass is 10.1. The predicted molar refractivity (Wildman–Crippen MR) is 97.5 cm³/mol. The molecule has 5 nitrogen and oxygen atoms in total. The van der Waals surface area contributed by atoms with Crippen LogP contribution in [0.5, 0.6) is 0 Å². The van der Waals surface area contributed by atoms with Crippen LogP contribution in [-0.4, -0.2) is 36.7 Å². The monoisotopic (exact) mass is 335 g/mol. The molecule has 0 unspecified atom stereocenters. The van der Waals surface area contributed by atoms with Gasteiger partial charge in [0.05, 0.1) is 0 Å². The minimum atomic E-state index is 0.0252. The second-order valence-corrected chi connectivity index (χ2v) is 6.04. The van der Waals surface area contributed by atoms with Crippen molar-refractivity contribution >= 4 is 12.0 Å². The Morgan fingerprint density at radius 2 is 1.24 bits per heavy atom. The van der Waals surface area contributed by atoms with Crippen molar-refractivity contribution in [2.24, 2.45) is 9.98 Å². The van der Waals surface area contributed by atoms with E-state index in [-0.39, 0.29) is 12.1 Å². The zero-order chi connectivity index (χ0) is 17.1. The lowest BCUT2D eigenvalue weighted by molar-refractivity contribution is 0.248. The summed E-state index contributed by atoms with van der Waals surface area (Å²) in [4.78, 5) is 11.4. The van der Waals surface area contributed by atoms with Crippen LogP contribution in [0.2, 0.25) is 0 Å². The van der Waals surface area contributed by atoms with Gasteiger partial charge in [0.15, 0.2) is 0 Å². The highest BCUT2D eigenvalue weighted by atomic mass is 16.5. The molecule has 0 amide bonds. The molecule has 0 fully saturated rings. The van der Waals surface area contributed by atoms with Crippen molar-refractivity contribution in [2.45, 2.75) is 19.0 Å². The molecule has 0 saturated carbocycles. The summed E-state index contributed by atoms with van der Waals surface area (Å²) in [6.07, 6.45) is 0. The van der Waals surface area contributed by atoms with Gasteiger partial charge >= 0.3 is 0 Å². The number of benzene rings is 2. The van der Waals surface area contributed by atoms with E-state index in [2.05, 4.69) is 24.3 Å². The van der Waals surface area contributed by atoms with E-state index in [4.69, 9.17) is 19.5 Å². The van der Waals surface area contributed by atoms with Crippen molar-refractivity contribution in [3.05, 3.63) is 71.8 Å². The van der Waals surface area contributed by atoms with Gasteiger partial charge in [0, 0.05) is 6.54 Å². The van der Waals surface area contributed by atoms with Gasteiger partial charge in [0.1, 0.15) is 25.3 Å². The number of hydrogen-bond acceptors (Lipinski definition) is 5. The average Bonchev–Trinajstić information content (AvgIpc) is 3.35. The van der Waals surface area contributed by atoms with Crippen LogP contribution in [0.4, 0.5) is 0 Å². The maximum Gasteiger partial charge on any atom is 0.296 e. The molecule has 0 spiro atoms. The Labute approximate surface area is 147 Å². The van der Waals surface area contributed by atoms with Gasteiger partial charge in [-0.15, -0.1) is 0 Å². The minimum Gasteiger partial charge on any atom is -0.462 e. The second kappa shape index (κ2) is 6.97. The van der Waals surface area contributed by atoms with Crippen molar-refractivity contribution < 1.29 is 9.47 Å². The molecule has 5 heteroatoms. The first-order chi connectivity index (χ1) is 12.3. The molecule has 0 radical (unpaired) electrons. The fourth-order valence-corrected chi connectivity index (χ4v) is 3.06. The molecular weight excluding hydrogens is 314 g/mol. The summed E-state index contributed by atoms with van der Waals surface area (Å²) in [7, 11) is 0. The van der Waals surface area contributed by atoms with E-state index in [9.17, 15) is 0 Å². The van der Waals surface area contributed by atoms with E-state index < -0.39 is 0 Å². The summed E-state index contributed by atoms with van der Waals surface area (Å²) in [5, 5.41) is 0. The summed E-state index contributed by atoms with van der Waals surface area (Å²) in [5.74, 6) is 0. The first kappa shape index (κ1) is 15.7. The Kier molecular flexibility index (Phi) is 4.37. The topological polar surface area (TPSA) is 46.4 Å². The van der Waals surface area contributed by atoms with Crippen LogP contribution in [0.25, 0.3) is 0 Å². The quantitative estimate of drug-likeness (QED) is 0.861. The van der Waals surface area contributed by atoms with Crippen molar-refractivity contribution in [1.82, 2.24) is 4.90 Å². The smallest absolute Gasteiger partial charge is 0.296 e. The maximum atomic E-state index is 5.84. The normalized spacial score (nSPS) is 22.0. The van der Waals surface area contributed by atoms with E-state index in [1.165, 1.54) is 0 Å². The Bertz CT molecular complexity index is 709. The van der Waals surface area contributed by atoms with Crippen LogP contribution in [0.3, 0.4) is 0 Å². The van der Waals surface area contributed by atoms with E-state index in [1.54, 1.807) is 0 Å². The third kappa shape index (κ3) is 3.22. The molecule has 4 rings (SSSR count). The predicted octanol–water partition coefficient (Wildman–Crippen LogP) is 3.56. The molecule has 2 aromatic rings. The molecular formula is C20H21N3O2. The highest BCUT2D eigenvalue weighted by Crippen LogP contribution is 2.27. The number of nitrogens with zero attached hydrogens (tertiary/aromatic N) is 3. The van der Waals surface area contributed by atoms with Gasteiger partial charge in [-0.05, 0) is 18.1 Å². The molecule has 2 atom stereocenters. The van der Waals surface area contributed by atoms with Crippen molar-refractivity contribution in [2.75, 3.05) is 19.8 Å². The Hall–Kier alpha value is -2.82. The highest BCUT2D eigenvalue weighted by Gasteiger charge is 2.31. The summed E-state index contributed by atoms with van der Waals surface area (Å²) in [5.41, 5.74) is 2.31. The highest BCUT2D eigenvalue weighted by molar-refractivity contribution is 5.94. The second-order valence-electron chi connectivity index (χ2n) is 6.04. The fraction of sp³-hybridized carbons (Fsp3) is 0.300. The molecule has 0 aliphatic carbocycles. The minimum absolute atomic E-state index is 0.0252. The number of ether oxygens (including phenoxy) is 2. The van der Waals surface area contributed by atoms with Crippen molar-refractivity contribution in [1.29, 1.82) is 0 Å². The van der Waals surface area contributed by atoms with Crippen LogP contribution >= 0.6 is 0 Å². The zero-order valence-electron chi connectivity index (χ0n) is 14.2. The SMILES string of the molecule is CCN(C1=N[C@@H](c2ccccc2)CO1)C1=N[C@@H](c2ccccc2)CO1. The lowest BCUT2D eigenvalue weighted by Crippen LogP contribution is -2.37. The van der Waals surface area contributed by atoms with Crippen molar-refractivity contribution in [3.8, 4) is 0 Å². The van der Waals surface area contributed by atoms with E-state index >= 15 is 0 Å². The van der Waals surface area contributed by atoms with E-state index in [0.29, 0.717) is 31.8 Å². The lowest BCUT2D eigenvalue weighted by Gasteiger charge is -2.19. The average molecular weight is 335 g/mol. The van der Waals surface area contributed by atoms with Gasteiger partial charge in [-0.2, -0.15) is 0 Å². The number of aliphatic imine (C=N–C) groups is 2. The van der Waals surface area contributed by atoms with Crippen LogP contribution in [0.1, 0.15) is 30.1 Å². The third-order valence-corrected chi connectivity index (χ3v) is 4.42. The molecule has 128 valence electrons. The fourth-order valence-electron chi connectivity index (χ4n) is 3.06. The molecule has 2 aliphatic rings. The third-order valence-electron chi connectivity index (χ3n) is 4.42. The standard InChI is InChI=1S/C20H21N3O2/c1-2-23(19-21-17(13-24-19)15-9-5-3-6-10-15)20-22-18(14-25-20)16-11-7-4-8-12-16/h3-12,17-18H,2,13-14H2,1H3/t17-,18-/m1/s1. The van der Waals surface area contributed by atoms with Gasteiger partial charge in [-0.25, -0.2) is 9.98 Å². The molecule has 2 aromatic carbocycles. The first-order valence-electron chi connectivity index (χ1n) is 8.63. The van der Waals surface area contributed by atoms with Crippen LogP contribution in [-0.2, 0) is 9.47 Å². The summed E-state index contributed by atoms with van der Waals surface area (Å²) >= 11 is 0. The maximum absolute atomic E-state index is 5.84. The van der Waals surface area contributed by atoms with Crippen molar-refractivity contribution in [3.63, 3.8) is 0 Å². The molecule has 25 heavy (non-hydrogen) atoms. The zero-order valence-corrected chi connectivity index (χ0v) is 14.2. The van der Waals surface area contributed by atoms with Gasteiger partial charge < -0.3 is 9.47 Å². The van der Waals surface area contributed by atoms with E-state index in [1.807, 2.05) is 48.2 Å².